The van der Waals surface area contributed by atoms with E-state index in [1.165, 1.54) is 17.0 Å². The number of hydrogen-bond donors (Lipinski definition) is 1. The minimum atomic E-state index is -3.92. The number of nitrogens with one attached hydrogen (secondary N) is 1. The minimum Gasteiger partial charge on any atom is -0.324 e. The van der Waals surface area contributed by atoms with Crippen LogP contribution in [0.2, 0.25) is 5.15 Å². The largest absolute Gasteiger partial charge is 0.324 e. The Morgan fingerprint density at radius 3 is 2.60 bits per heavy atom. The predicted octanol–water partition coefficient (Wildman–Crippen LogP) is 1.83. The van der Waals surface area contributed by atoms with Crippen molar-refractivity contribution in [3.8, 4) is 0 Å². The second-order valence-electron chi connectivity index (χ2n) is 4.02. The van der Waals surface area contributed by atoms with Gasteiger partial charge in [0.1, 0.15) is 5.15 Å². The lowest BCUT2D eigenvalue weighted by Gasteiger charge is -2.05. The first-order chi connectivity index (χ1) is 9.31. The van der Waals surface area contributed by atoms with Crippen LogP contribution in [-0.2, 0) is 23.6 Å². The molecule has 0 aliphatic carbocycles. The van der Waals surface area contributed by atoms with Crippen molar-refractivity contribution in [2.45, 2.75) is 11.6 Å². The van der Waals surface area contributed by atoms with Crippen molar-refractivity contribution in [3.63, 3.8) is 0 Å². The van der Waals surface area contributed by atoms with Crippen molar-refractivity contribution in [3.05, 3.63) is 46.9 Å². The van der Waals surface area contributed by atoms with Crippen LogP contribution < -0.4 is 4.72 Å². The average molecular weight is 322 g/mol. The summed E-state index contributed by atoms with van der Waals surface area (Å²) in [5, 5.41) is -0.355. The van der Waals surface area contributed by atoms with Crippen LogP contribution in [0.3, 0.4) is 0 Å². The molecule has 108 valence electrons. The van der Waals surface area contributed by atoms with E-state index < -0.39 is 21.7 Å². The molecule has 0 aliphatic rings. The van der Waals surface area contributed by atoms with Crippen molar-refractivity contribution in [2.75, 3.05) is 0 Å². The Labute approximate surface area is 119 Å². The monoisotopic (exact) mass is 321 g/mol. The zero-order valence-corrected chi connectivity index (χ0v) is 11.8. The topological polar surface area (TPSA) is 64.0 Å². The molecular weight excluding hydrogens is 312 g/mol. The van der Waals surface area contributed by atoms with Gasteiger partial charge in [0, 0.05) is 13.6 Å². The van der Waals surface area contributed by atoms with Crippen molar-refractivity contribution < 1.29 is 17.2 Å². The highest BCUT2D eigenvalue weighted by atomic mass is 35.5. The number of aryl methyl sites for hydroxylation is 1. The van der Waals surface area contributed by atoms with Crippen molar-refractivity contribution >= 4 is 21.6 Å². The summed E-state index contributed by atoms with van der Waals surface area (Å²) in [6.45, 7) is -0.202. The molecule has 9 heteroatoms. The molecule has 0 spiro atoms. The van der Waals surface area contributed by atoms with E-state index >= 15 is 0 Å². The van der Waals surface area contributed by atoms with Gasteiger partial charge in [-0.2, -0.15) is 0 Å². The van der Waals surface area contributed by atoms with E-state index in [1.54, 1.807) is 7.05 Å². The molecule has 1 aromatic heterocycles. The summed E-state index contributed by atoms with van der Waals surface area (Å²) in [6.07, 6.45) is 1.26. The van der Waals surface area contributed by atoms with Gasteiger partial charge in [0.25, 0.3) is 10.0 Å². The Morgan fingerprint density at radius 1 is 1.35 bits per heavy atom. The number of halogens is 3. The summed E-state index contributed by atoms with van der Waals surface area (Å²) >= 11 is 5.79. The van der Waals surface area contributed by atoms with Crippen molar-refractivity contribution in [1.82, 2.24) is 14.3 Å². The molecule has 1 heterocycles. The average Bonchev–Trinajstić information content (AvgIpc) is 2.72. The lowest BCUT2D eigenvalue weighted by atomic mass is 10.2. The van der Waals surface area contributed by atoms with E-state index in [1.807, 2.05) is 0 Å². The van der Waals surface area contributed by atoms with Crippen LogP contribution in [0.4, 0.5) is 8.78 Å². The van der Waals surface area contributed by atoms with Gasteiger partial charge in [0.05, 0.1) is 6.33 Å². The molecule has 0 saturated carbocycles. The maximum Gasteiger partial charge on any atom is 0.261 e. The first-order valence-corrected chi connectivity index (χ1v) is 7.28. The van der Waals surface area contributed by atoms with Gasteiger partial charge in [0.2, 0.25) is 5.03 Å². The molecule has 0 radical (unpaired) electrons. The molecule has 0 aliphatic heterocycles. The van der Waals surface area contributed by atoms with Gasteiger partial charge < -0.3 is 4.57 Å². The third-order valence-electron chi connectivity index (χ3n) is 2.54. The Balaban J connectivity index is 2.17. The molecule has 0 amide bonds. The van der Waals surface area contributed by atoms with Crippen LogP contribution in [-0.4, -0.2) is 18.0 Å². The van der Waals surface area contributed by atoms with E-state index in [0.717, 1.165) is 12.1 Å². The van der Waals surface area contributed by atoms with Gasteiger partial charge in [0.15, 0.2) is 11.6 Å². The summed E-state index contributed by atoms with van der Waals surface area (Å²) < 4.78 is 53.2. The maximum atomic E-state index is 13.0. The third kappa shape index (κ3) is 2.97. The molecule has 2 aromatic rings. The smallest absolute Gasteiger partial charge is 0.261 e. The number of benzene rings is 1. The molecule has 0 unspecified atom stereocenters. The van der Waals surface area contributed by atoms with Crippen LogP contribution in [0.25, 0.3) is 0 Å². The lowest BCUT2D eigenvalue weighted by Crippen LogP contribution is -2.24. The Morgan fingerprint density at radius 2 is 2.05 bits per heavy atom. The zero-order chi connectivity index (χ0) is 14.9. The quantitative estimate of drug-likeness (QED) is 0.934. The second-order valence-corrected chi connectivity index (χ2v) is 6.06. The zero-order valence-electron chi connectivity index (χ0n) is 10.3. The normalized spacial score (nSPS) is 11.8. The summed E-state index contributed by atoms with van der Waals surface area (Å²) in [5.74, 6) is -2.04. The fourth-order valence-electron chi connectivity index (χ4n) is 1.47. The lowest BCUT2D eigenvalue weighted by molar-refractivity contribution is 0.506. The number of aromatic nitrogens is 2. The summed E-state index contributed by atoms with van der Waals surface area (Å²) in [6, 6.07) is 3.12. The van der Waals surface area contributed by atoms with E-state index in [9.17, 15) is 17.2 Å². The van der Waals surface area contributed by atoms with Crippen LogP contribution in [0.5, 0.6) is 0 Å². The molecule has 2 rings (SSSR count). The molecule has 1 N–H and O–H groups in total. The van der Waals surface area contributed by atoms with Gasteiger partial charge in [-0.3, -0.25) is 0 Å². The fourth-order valence-corrected chi connectivity index (χ4v) is 2.91. The summed E-state index contributed by atoms with van der Waals surface area (Å²) in [7, 11) is -2.38. The minimum absolute atomic E-state index is 0.0391. The standard InChI is InChI=1S/C11H10ClF2N3O2S/c1-17-6-15-11(10(17)12)20(18,19)16-5-7-2-3-8(13)9(14)4-7/h2-4,6,16H,5H2,1H3. The highest BCUT2D eigenvalue weighted by Gasteiger charge is 2.22. The molecule has 0 saturated heterocycles. The molecule has 0 atom stereocenters. The van der Waals surface area contributed by atoms with Crippen molar-refractivity contribution in [1.29, 1.82) is 0 Å². The maximum absolute atomic E-state index is 13.0. The van der Waals surface area contributed by atoms with E-state index in [-0.39, 0.29) is 22.3 Å². The SMILES string of the molecule is Cn1cnc(S(=O)(=O)NCc2ccc(F)c(F)c2)c1Cl. The second kappa shape index (κ2) is 5.47. The molecular formula is C11H10ClF2N3O2S. The van der Waals surface area contributed by atoms with Gasteiger partial charge >= 0.3 is 0 Å². The Hall–Kier alpha value is -1.51. The number of nitrogens with zero attached hydrogens (tertiary/aromatic N) is 2. The highest BCUT2D eigenvalue weighted by molar-refractivity contribution is 7.89. The molecule has 5 nitrogen and oxygen atoms in total. The number of sulfonamides is 1. The van der Waals surface area contributed by atoms with Gasteiger partial charge in [-0.15, -0.1) is 0 Å². The van der Waals surface area contributed by atoms with E-state index in [4.69, 9.17) is 11.6 Å². The Kier molecular flexibility index (Phi) is 4.07. The molecule has 0 bridgehead atoms. The van der Waals surface area contributed by atoms with Gasteiger partial charge in [-0.1, -0.05) is 17.7 Å². The first-order valence-electron chi connectivity index (χ1n) is 5.41. The summed E-state index contributed by atoms with van der Waals surface area (Å²) in [5.41, 5.74) is 0.277. The first kappa shape index (κ1) is 14.9. The predicted molar refractivity (Wildman–Crippen MR) is 68.6 cm³/mol. The fraction of sp³-hybridized carbons (Fsp3) is 0.182. The van der Waals surface area contributed by atoms with Gasteiger partial charge in [-0.25, -0.2) is 26.9 Å². The number of rotatable bonds is 4. The van der Waals surface area contributed by atoms with Crippen LogP contribution in [0, 0.1) is 11.6 Å². The van der Waals surface area contributed by atoms with Crippen LogP contribution in [0.1, 0.15) is 5.56 Å². The van der Waals surface area contributed by atoms with E-state index in [2.05, 4.69) is 9.71 Å². The Bertz CT molecular complexity index is 746. The number of imidazole rings is 1. The molecule has 1 aromatic carbocycles. The molecule has 20 heavy (non-hydrogen) atoms. The number of hydrogen-bond acceptors (Lipinski definition) is 3. The molecule has 0 fully saturated rings. The van der Waals surface area contributed by atoms with Gasteiger partial charge in [-0.05, 0) is 17.7 Å². The summed E-state index contributed by atoms with van der Waals surface area (Å²) in [4.78, 5) is 3.68. The van der Waals surface area contributed by atoms with Crippen molar-refractivity contribution in [2.24, 2.45) is 7.05 Å². The van der Waals surface area contributed by atoms with Crippen LogP contribution >= 0.6 is 11.6 Å². The highest BCUT2D eigenvalue weighted by Crippen LogP contribution is 2.18. The van der Waals surface area contributed by atoms with E-state index in [0.29, 0.717) is 0 Å². The van der Waals surface area contributed by atoms with Crippen LogP contribution in [0.15, 0.2) is 29.6 Å². The third-order valence-corrected chi connectivity index (χ3v) is 4.43.